The summed E-state index contributed by atoms with van der Waals surface area (Å²) < 4.78 is 2.08. The molecule has 0 saturated heterocycles. The number of hydrogen-bond acceptors (Lipinski definition) is 7. The molecule has 0 aliphatic rings. The predicted molar refractivity (Wildman–Crippen MR) is 65.5 cm³/mol. The molecular weight excluding hydrogens is 310 g/mol. The van der Waals surface area contributed by atoms with Crippen LogP contribution < -0.4 is 17.0 Å². The zero-order chi connectivity index (χ0) is 12.4. The number of aromatic nitrogens is 5. The van der Waals surface area contributed by atoms with Crippen LogP contribution >= 0.6 is 27.7 Å². The van der Waals surface area contributed by atoms with Crippen molar-refractivity contribution in [3.05, 3.63) is 21.2 Å². The Morgan fingerprint density at radius 1 is 1.65 bits per heavy atom. The van der Waals surface area contributed by atoms with E-state index in [9.17, 15) is 4.79 Å². The summed E-state index contributed by atoms with van der Waals surface area (Å²) >= 11 is 4.53. The molecule has 17 heavy (non-hydrogen) atoms. The Labute approximate surface area is 108 Å². The lowest BCUT2D eigenvalue weighted by molar-refractivity contribution is 0.764. The Kier molecular flexibility index (Phi) is 3.45. The van der Waals surface area contributed by atoms with Gasteiger partial charge >= 0.3 is 5.69 Å². The molecule has 2 aromatic rings. The molecule has 0 aliphatic heterocycles. The van der Waals surface area contributed by atoms with Gasteiger partial charge in [0.2, 0.25) is 5.95 Å². The number of nitrogens with zero attached hydrogens (tertiary/aromatic N) is 4. The number of rotatable bonds is 3. The highest BCUT2D eigenvalue weighted by Gasteiger charge is 2.11. The van der Waals surface area contributed by atoms with E-state index < -0.39 is 0 Å². The van der Waals surface area contributed by atoms with E-state index in [0.29, 0.717) is 14.7 Å². The smallest absolute Gasteiger partial charge is 0.292 e. The second-order valence-electron chi connectivity index (χ2n) is 2.96. The van der Waals surface area contributed by atoms with Crippen LogP contribution in [0, 0.1) is 0 Å². The first-order chi connectivity index (χ1) is 8.11. The van der Waals surface area contributed by atoms with Gasteiger partial charge in [-0.15, -0.1) is 5.10 Å². The van der Waals surface area contributed by atoms with E-state index in [1.54, 1.807) is 13.2 Å². The average molecular weight is 318 g/mol. The SMILES string of the molecule is Cn1c(Sc2nc(NN)ncc2Br)n[nH]c1=O. The average Bonchev–Trinajstić information content (AvgIpc) is 2.64. The molecule has 0 aromatic carbocycles. The Morgan fingerprint density at radius 2 is 2.41 bits per heavy atom. The number of aromatic amines is 1. The molecule has 2 aromatic heterocycles. The molecule has 2 heterocycles. The summed E-state index contributed by atoms with van der Waals surface area (Å²) in [6.45, 7) is 0. The van der Waals surface area contributed by atoms with Gasteiger partial charge in [-0.05, 0) is 27.7 Å². The van der Waals surface area contributed by atoms with E-state index in [2.05, 4.69) is 41.5 Å². The van der Waals surface area contributed by atoms with Crippen molar-refractivity contribution < 1.29 is 0 Å². The number of nitrogens with one attached hydrogen (secondary N) is 2. The maximum absolute atomic E-state index is 11.2. The lowest BCUT2D eigenvalue weighted by Crippen LogP contribution is -2.13. The van der Waals surface area contributed by atoms with Crippen molar-refractivity contribution in [2.45, 2.75) is 10.2 Å². The van der Waals surface area contributed by atoms with Gasteiger partial charge in [-0.1, -0.05) is 0 Å². The summed E-state index contributed by atoms with van der Waals surface area (Å²) in [5.41, 5.74) is 2.06. The number of H-pyrrole nitrogens is 1. The minimum atomic E-state index is -0.283. The predicted octanol–water partition coefficient (Wildman–Crippen LogP) is 0.0977. The zero-order valence-corrected chi connectivity index (χ0v) is 11.0. The molecule has 4 N–H and O–H groups in total. The van der Waals surface area contributed by atoms with Crippen molar-refractivity contribution >= 4 is 33.6 Å². The molecule has 0 atom stereocenters. The molecule has 0 aliphatic carbocycles. The molecule has 90 valence electrons. The molecule has 8 nitrogen and oxygen atoms in total. The van der Waals surface area contributed by atoms with Crippen LogP contribution in [0.3, 0.4) is 0 Å². The highest BCUT2D eigenvalue weighted by molar-refractivity contribution is 9.10. The molecule has 0 fully saturated rings. The molecule has 0 spiro atoms. The van der Waals surface area contributed by atoms with Gasteiger partial charge in [-0.25, -0.2) is 25.7 Å². The van der Waals surface area contributed by atoms with Gasteiger partial charge < -0.3 is 0 Å². The third-order valence-electron chi connectivity index (χ3n) is 1.87. The fraction of sp³-hybridized carbons (Fsp3) is 0.143. The van der Waals surface area contributed by atoms with Gasteiger partial charge in [0.25, 0.3) is 0 Å². The Hall–Kier alpha value is -1.39. The van der Waals surface area contributed by atoms with Crippen LogP contribution in [0.2, 0.25) is 0 Å². The molecule has 10 heteroatoms. The lowest BCUT2D eigenvalue weighted by Gasteiger charge is -2.04. The molecule has 0 unspecified atom stereocenters. The van der Waals surface area contributed by atoms with Crippen LogP contribution in [-0.2, 0) is 7.05 Å². The maximum atomic E-state index is 11.2. The van der Waals surface area contributed by atoms with Crippen LogP contribution in [0.5, 0.6) is 0 Å². The van der Waals surface area contributed by atoms with E-state index >= 15 is 0 Å². The second kappa shape index (κ2) is 4.85. The van der Waals surface area contributed by atoms with E-state index in [1.165, 1.54) is 16.3 Å². The topological polar surface area (TPSA) is 115 Å². The number of nitrogens with two attached hydrogens (primary N) is 1. The first kappa shape index (κ1) is 12.1. The number of anilines is 1. The van der Waals surface area contributed by atoms with E-state index in [0.717, 1.165) is 0 Å². The van der Waals surface area contributed by atoms with Crippen LogP contribution in [-0.4, -0.2) is 24.7 Å². The molecule has 0 bridgehead atoms. The van der Waals surface area contributed by atoms with Crippen LogP contribution in [0.15, 0.2) is 25.6 Å². The molecular formula is C7H8BrN7OS. The Balaban J connectivity index is 2.35. The van der Waals surface area contributed by atoms with Crippen molar-refractivity contribution in [3.8, 4) is 0 Å². The van der Waals surface area contributed by atoms with Gasteiger partial charge in [-0.3, -0.25) is 9.99 Å². The van der Waals surface area contributed by atoms with Gasteiger partial charge in [0.15, 0.2) is 5.16 Å². The van der Waals surface area contributed by atoms with Crippen molar-refractivity contribution in [2.75, 3.05) is 5.43 Å². The number of halogens is 1. The van der Waals surface area contributed by atoms with Crippen molar-refractivity contribution in [1.29, 1.82) is 0 Å². The summed E-state index contributed by atoms with van der Waals surface area (Å²) in [5.74, 6) is 5.51. The molecule has 0 radical (unpaired) electrons. The minimum Gasteiger partial charge on any atom is -0.292 e. The van der Waals surface area contributed by atoms with E-state index in [1.807, 2.05) is 0 Å². The summed E-state index contributed by atoms with van der Waals surface area (Å²) in [4.78, 5) is 19.3. The third-order valence-corrected chi connectivity index (χ3v) is 3.76. The van der Waals surface area contributed by atoms with Crippen molar-refractivity contribution in [1.82, 2.24) is 24.7 Å². The standard InChI is InChI=1S/C7H8BrN7OS/c1-15-6(16)13-14-7(15)17-4-3(8)2-10-5(11-4)12-9/h2H,9H2,1H3,(H,13,16)(H,10,11,12). The number of hydrazine groups is 1. The second-order valence-corrected chi connectivity index (χ2v) is 4.77. The number of hydrogen-bond donors (Lipinski definition) is 3. The van der Waals surface area contributed by atoms with Gasteiger partial charge in [0, 0.05) is 13.2 Å². The fourth-order valence-electron chi connectivity index (χ4n) is 1.00. The molecule has 0 saturated carbocycles. The van der Waals surface area contributed by atoms with Gasteiger partial charge in [-0.2, -0.15) is 0 Å². The minimum absolute atomic E-state index is 0.283. The summed E-state index contributed by atoms with van der Waals surface area (Å²) in [6, 6.07) is 0. The number of nitrogen functional groups attached to an aromatic ring is 1. The highest BCUT2D eigenvalue weighted by Crippen LogP contribution is 2.29. The first-order valence-electron chi connectivity index (χ1n) is 4.40. The zero-order valence-electron chi connectivity index (χ0n) is 8.64. The van der Waals surface area contributed by atoms with Crippen molar-refractivity contribution in [2.24, 2.45) is 12.9 Å². The Bertz CT molecular complexity index is 594. The summed E-state index contributed by atoms with van der Waals surface area (Å²) in [7, 11) is 1.62. The highest BCUT2D eigenvalue weighted by atomic mass is 79.9. The summed E-state index contributed by atoms with van der Waals surface area (Å²) in [6.07, 6.45) is 1.56. The van der Waals surface area contributed by atoms with E-state index in [4.69, 9.17) is 5.84 Å². The third kappa shape index (κ3) is 2.48. The fourth-order valence-corrected chi connectivity index (χ4v) is 2.20. The van der Waals surface area contributed by atoms with Crippen LogP contribution in [0.4, 0.5) is 5.95 Å². The normalized spacial score (nSPS) is 10.5. The lowest BCUT2D eigenvalue weighted by atomic mass is 10.7. The summed E-state index contributed by atoms with van der Waals surface area (Å²) in [5, 5.41) is 7.31. The molecule has 2 rings (SSSR count). The first-order valence-corrected chi connectivity index (χ1v) is 6.01. The van der Waals surface area contributed by atoms with Crippen LogP contribution in [0.25, 0.3) is 0 Å². The largest absolute Gasteiger partial charge is 0.343 e. The quantitative estimate of drug-likeness (QED) is 0.417. The Morgan fingerprint density at radius 3 is 3.00 bits per heavy atom. The van der Waals surface area contributed by atoms with Crippen LogP contribution in [0.1, 0.15) is 0 Å². The monoisotopic (exact) mass is 317 g/mol. The van der Waals surface area contributed by atoms with Gasteiger partial charge in [0.05, 0.1) is 4.47 Å². The maximum Gasteiger partial charge on any atom is 0.343 e. The molecule has 0 amide bonds. The van der Waals surface area contributed by atoms with Crippen molar-refractivity contribution in [3.63, 3.8) is 0 Å². The van der Waals surface area contributed by atoms with E-state index in [-0.39, 0.29) is 11.6 Å². The van der Waals surface area contributed by atoms with Gasteiger partial charge in [0.1, 0.15) is 5.03 Å².